The molecule has 6 heteroatoms. The summed E-state index contributed by atoms with van der Waals surface area (Å²) in [5.41, 5.74) is 3.72. The summed E-state index contributed by atoms with van der Waals surface area (Å²) >= 11 is 0. The molecule has 4 rings (SSSR count). The molecule has 0 aliphatic carbocycles. The second-order valence-electron chi connectivity index (χ2n) is 6.70. The van der Waals surface area contributed by atoms with Crippen LogP contribution in [0.15, 0.2) is 42.5 Å². The Balaban J connectivity index is 1.71. The van der Waals surface area contributed by atoms with Gasteiger partial charge < -0.3 is 24.5 Å². The minimum atomic E-state index is -0.276. The van der Waals surface area contributed by atoms with Crippen LogP contribution in [0.1, 0.15) is 21.6 Å². The number of H-pyrrole nitrogens is 1. The first-order valence-electron chi connectivity index (χ1n) is 8.88. The maximum Gasteiger partial charge on any atom is 0.254 e. The smallest absolute Gasteiger partial charge is 0.254 e. The van der Waals surface area contributed by atoms with Crippen molar-refractivity contribution >= 4 is 16.8 Å². The van der Waals surface area contributed by atoms with Crippen LogP contribution in [-0.2, 0) is 13.0 Å². The van der Waals surface area contributed by atoms with Gasteiger partial charge in [0.1, 0.15) is 11.5 Å². The monoisotopic (exact) mass is 366 g/mol. The summed E-state index contributed by atoms with van der Waals surface area (Å²) in [5, 5.41) is 11.1. The van der Waals surface area contributed by atoms with Crippen molar-refractivity contribution in [2.45, 2.75) is 19.0 Å². The van der Waals surface area contributed by atoms with Crippen LogP contribution in [0, 0.1) is 0 Å². The molecule has 0 saturated heterocycles. The van der Waals surface area contributed by atoms with E-state index in [0.717, 1.165) is 16.6 Å². The lowest BCUT2D eigenvalue weighted by molar-refractivity contribution is 0.0541. The first kappa shape index (κ1) is 17.4. The molecule has 1 unspecified atom stereocenters. The average molecular weight is 366 g/mol. The van der Waals surface area contributed by atoms with Crippen LogP contribution in [0.2, 0.25) is 0 Å². The predicted molar refractivity (Wildman–Crippen MR) is 102 cm³/mol. The lowest BCUT2D eigenvalue weighted by atomic mass is 9.96. The van der Waals surface area contributed by atoms with Gasteiger partial charge in [0.2, 0.25) is 0 Å². The van der Waals surface area contributed by atoms with Crippen LogP contribution < -0.4 is 9.47 Å². The molecule has 1 amide bonds. The topological polar surface area (TPSA) is 74.8 Å². The molecule has 1 atom stereocenters. The van der Waals surface area contributed by atoms with E-state index in [1.54, 1.807) is 37.3 Å². The third kappa shape index (κ3) is 3.02. The molecule has 1 aromatic heterocycles. The first-order chi connectivity index (χ1) is 13.1. The van der Waals surface area contributed by atoms with Crippen molar-refractivity contribution in [3.63, 3.8) is 0 Å². The van der Waals surface area contributed by atoms with Crippen molar-refractivity contribution in [3.8, 4) is 11.5 Å². The average Bonchev–Trinajstić information content (AvgIpc) is 3.09. The van der Waals surface area contributed by atoms with E-state index in [1.165, 1.54) is 5.56 Å². The van der Waals surface area contributed by atoms with E-state index < -0.39 is 0 Å². The minimum absolute atomic E-state index is 0.0915. The Morgan fingerprint density at radius 3 is 2.56 bits per heavy atom. The minimum Gasteiger partial charge on any atom is -0.497 e. The number of carbonyl (C=O) groups is 1. The third-order valence-electron chi connectivity index (χ3n) is 5.18. The van der Waals surface area contributed by atoms with Crippen LogP contribution in [0.4, 0.5) is 0 Å². The maximum atomic E-state index is 13.2. The molecule has 1 aliphatic rings. The first-order valence-corrected chi connectivity index (χ1v) is 8.88. The van der Waals surface area contributed by atoms with Crippen molar-refractivity contribution < 1.29 is 19.4 Å². The molecule has 0 bridgehead atoms. The van der Waals surface area contributed by atoms with Crippen LogP contribution in [0.5, 0.6) is 11.5 Å². The molecule has 2 aromatic carbocycles. The van der Waals surface area contributed by atoms with Gasteiger partial charge in [-0.1, -0.05) is 18.2 Å². The van der Waals surface area contributed by atoms with Gasteiger partial charge >= 0.3 is 0 Å². The van der Waals surface area contributed by atoms with E-state index in [9.17, 15) is 9.90 Å². The summed E-state index contributed by atoms with van der Waals surface area (Å²) in [6, 6.07) is 12.9. The molecule has 140 valence electrons. The zero-order valence-corrected chi connectivity index (χ0v) is 15.4. The van der Waals surface area contributed by atoms with Crippen molar-refractivity contribution in [1.82, 2.24) is 9.88 Å². The number of para-hydroxylation sites is 1. The van der Waals surface area contributed by atoms with Gasteiger partial charge in [-0.25, -0.2) is 0 Å². The number of aliphatic hydroxyl groups excluding tert-OH is 1. The number of nitrogens with one attached hydrogen (secondary N) is 1. The molecule has 2 heterocycles. The number of amides is 1. The third-order valence-corrected chi connectivity index (χ3v) is 5.18. The molecule has 0 radical (unpaired) electrons. The summed E-state index contributed by atoms with van der Waals surface area (Å²) in [6.07, 6.45) is 0.614. The quantitative estimate of drug-likeness (QED) is 0.745. The molecular weight excluding hydrogens is 344 g/mol. The Hall–Kier alpha value is -2.99. The number of aromatic amines is 1. The van der Waals surface area contributed by atoms with Crippen molar-refractivity contribution in [3.05, 3.63) is 59.3 Å². The highest BCUT2D eigenvalue weighted by atomic mass is 16.5. The number of methoxy groups -OCH3 is 2. The summed E-state index contributed by atoms with van der Waals surface area (Å²) in [6.45, 7) is 0.333. The standard InChI is InChI=1S/C21H22N2O4/c1-26-15-7-13(8-16(10-15)27-2)21(25)23-11-20-18(9-14(23)12-24)17-5-3-4-6-19(17)22-20/h3-8,10,14,22,24H,9,11-12H2,1-2H3. The van der Waals surface area contributed by atoms with E-state index in [0.29, 0.717) is 30.0 Å². The molecule has 1 aliphatic heterocycles. The SMILES string of the molecule is COc1cc(OC)cc(C(=O)N2Cc3[nH]c4ccccc4c3CC2CO)c1. The van der Waals surface area contributed by atoms with Gasteiger partial charge in [-0.15, -0.1) is 0 Å². The van der Waals surface area contributed by atoms with Gasteiger partial charge in [-0.2, -0.15) is 0 Å². The van der Waals surface area contributed by atoms with E-state index in [2.05, 4.69) is 11.1 Å². The second-order valence-corrected chi connectivity index (χ2v) is 6.70. The number of aliphatic hydroxyl groups is 1. The van der Waals surface area contributed by atoms with Crippen LogP contribution in [-0.4, -0.2) is 47.8 Å². The van der Waals surface area contributed by atoms with Gasteiger partial charge in [-0.05, 0) is 30.2 Å². The number of carbonyl (C=O) groups excluding carboxylic acids is 1. The van der Waals surface area contributed by atoms with Crippen molar-refractivity contribution in [1.29, 1.82) is 0 Å². The number of nitrogens with zero attached hydrogens (tertiary/aromatic N) is 1. The van der Waals surface area contributed by atoms with E-state index in [1.807, 2.05) is 18.2 Å². The number of hydrogen-bond donors (Lipinski definition) is 2. The molecule has 0 saturated carbocycles. The Labute approximate surface area is 157 Å². The molecule has 2 N–H and O–H groups in total. The molecule has 3 aromatic rings. The highest BCUT2D eigenvalue weighted by Crippen LogP contribution is 2.32. The number of aromatic nitrogens is 1. The molecule has 0 fully saturated rings. The fraction of sp³-hybridized carbons (Fsp3) is 0.286. The lowest BCUT2D eigenvalue weighted by Gasteiger charge is -2.35. The molecule has 6 nitrogen and oxygen atoms in total. The summed E-state index contributed by atoms with van der Waals surface area (Å²) in [7, 11) is 3.11. The summed E-state index contributed by atoms with van der Waals surface area (Å²) in [5.74, 6) is 0.957. The Bertz CT molecular complexity index is 973. The molecule has 27 heavy (non-hydrogen) atoms. The Kier molecular flexibility index (Phi) is 4.49. The predicted octanol–water partition coefficient (Wildman–Crippen LogP) is 2.74. The number of hydrogen-bond acceptors (Lipinski definition) is 4. The summed E-state index contributed by atoms with van der Waals surface area (Å²) < 4.78 is 10.6. The molecular formula is C21H22N2O4. The van der Waals surface area contributed by atoms with E-state index in [-0.39, 0.29) is 18.6 Å². The van der Waals surface area contributed by atoms with Crippen LogP contribution >= 0.6 is 0 Å². The number of fused-ring (bicyclic) bond motifs is 3. The normalized spacial score (nSPS) is 16.3. The number of benzene rings is 2. The van der Waals surface area contributed by atoms with Crippen LogP contribution in [0.25, 0.3) is 10.9 Å². The van der Waals surface area contributed by atoms with Crippen LogP contribution in [0.3, 0.4) is 0 Å². The fourth-order valence-electron chi connectivity index (χ4n) is 3.77. The number of rotatable bonds is 4. The van der Waals surface area contributed by atoms with Crippen molar-refractivity contribution in [2.24, 2.45) is 0 Å². The van der Waals surface area contributed by atoms with Gasteiger partial charge in [0, 0.05) is 28.2 Å². The largest absolute Gasteiger partial charge is 0.497 e. The van der Waals surface area contributed by atoms with Crippen molar-refractivity contribution in [2.75, 3.05) is 20.8 Å². The highest BCUT2D eigenvalue weighted by molar-refractivity contribution is 5.96. The maximum absolute atomic E-state index is 13.2. The summed E-state index contributed by atoms with van der Waals surface area (Å²) in [4.78, 5) is 18.4. The zero-order valence-electron chi connectivity index (χ0n) is 15.4. The van der Waals surface area contributed by atoms with Gasteiger partial charge in [0.15, 0.2) is 0 Å². The highest BCUT2D eigenvalue weighted by Gasteiger charge is 2.32. The second kappa shape index (κ2) is 6.96. The van der Waals surface area contributed by atoms with Gasteiger partial charge in [0.05, 0.1) is 33.4 Å². The van der Waals surface area contributed by atoms with Gasteiger partial charge in [0.25, 0.3) is 5.91 Å². The van der Waals surface area contributed by atoms with Gasteiger partial charge in [-0.3, -0.25) is 4.79 Å². The number of ether oxygens (including phenoxy) is 2. The lowest BCUT2D eigenvalue weighted by Crippen LogP contribution is -2.46. The Morgan fingerprint density at radius 2 is 1.89 bits per heavy atom. The zero-order chi connectivity index (χ0) is 19.0. The molecule has 0 spiro atoms. The Morgan fingerprint density at radius 1 is 1.19 bits per heavy atom. The fourth-order valence-corrected chi connectivity index (χ4v) is 3.77. The van der Waals surface area contributed by atoms with E-state index in [4.69, 9.17) is 9.47 Å². The van der Waals surface area contributed by atoms with E-state index >= 15 is 0 Å².